The molecule has 19 heavy (non-hydrogen) atoms. The molecule has 1 fully saturated rings. The summed E-state index contributed by atoms with van der Waals surface area (Å²) in [6.07, 6.45) is -1.54. The highest BCUT2D eigenvalue weighted by molar-refractivity contribution is 5.92. The van der Waals surface area contributed by atoms with Crippen molar-refractivity contribution < 1.29 is 19.3 Å². The number of halogens is 1. The topological polar surface area (TPSA) is 117 Å². The summed E-state index contributed by atoms with van der Waals surface area (Å²) >= 11 is 0. The van der Waals surface area contributed by atoms with Crippen LogP contribution >= 0.6 is 0 Å². The van der Waals surface area contributed by atoms with Gasteiger partial charge in [-0.2, -0.15) is 0 Å². The molecule has 8 heteroatoms. The Balaban J connectivity index is 2.24. The molecule has 0 bridgehead atoms. The molecular formula is C11H17FN4O3. The largest absolute Gasteiger partial charge is 0.393 e. The Morgan fingerprint density at radius 3 is 2.79 bits per heavy atom. The average Bonchev–Trinajstić information content (AvgIpc) is 2.64. The Labute approximate surface area is 109 Å². The van der Waals surface area contributed by atoms with Gasteiger partial charge in [-0.05, 0) is 6.08 Å². The normalized spacial score (nSPS) is 38.7. The van der Waals surface area contributed by atoms with E-state index >= 15 is 0 Å². The van der Waals surface area contributed by atoms with Gasteiger partial charge in [-0.1, -0.05) is 6.58 Å². The third-order valence-corrected chi connectivity index (χ3v) is 3.32. The fourth-order valence-electron chi connectivity index (χ4n) is 2.11. The molecule has 0 radical (unpaired) electrons. The molecule has 106 valence electrons. The molecule has 0 aromatic rings. The zero-order chi connectivity index (χ0) is 14.2. The van der Waals surface area contributed by atoms with Crippen molar-refractivity contribution in [3.8, 4) is 0 Å². The summed E-state index contributed by atoms with van der Waals surface area (Å²) in [6, 6.07) is 0. The summed E-state index contributed by atoms with van der Waals surface area (Å²) in [5.41, 5.74) is 9.42. The average molecular weight is 272 g/mol. The lowest BCUT2D eigenvalue weighted by atomic mass is 9.97. The first-order chi connectivity index (χ1) is 8.95. The van der Waals surface area contributed by atoms with Gasteiger partial charge in [0, 0.05) is 12.7 Å². The summed E-state index contributed by atoms with van der Waals surface area (Å²) in [6.45, 7) is 2.84. The molecule has 2 aliphatic heterocycles. The summed E-state index contributed by atoms with van der Waals surface area (Å²) in [4.78, 5) is 5.19. The summed E-state index contributed by atoms with van der Waals surface area (Å²) in [5, 5.41) is 19.2. The molecule has 0 spiro atoms. The third-order valence-electron chi connectivity index (χ3n) is 3.32. The minimum absolute atomic E-state index is 0.186. The van der Waals surface area contributed by atoms with Crippen LogP contribution < -0.4 is 11.5 Å². The van der Waals surface area contributed by atoms with Crippen LogP contribution in [-0.2, 0) is 4.74 Å². The highest BCUT2D eigenvalue weighted by Gasteiger charge is 2.56. The van der Waals surface area contributed by atoms with Crippen LogP contribution in [-0.4, -0.2) is 58.2 Å². The molecule has 0 aromatic carbocycles. The van der Waals surface area contributed by atoms with E-state index in [1.54, 1.807) is 0 Å². The molecular weight excluding hydrogens is 255 g/mol. The monoisotopic (exact) mass is 272 g/mol. The fraction of sp³-hybridized carbons (Fsp3) is 0.545. The Hall–Kier alpha value is -1.48. The maximum atomic E-state index is 14.2. The SMILES string of the molecule is C=C1N=C(N)C=CN1[C@@H]1O[C@](CN)(CO)[C@@H](O)[C@H]1F. The van der Waals surface area contributed by atoms with Crippen LogP contribution in [0.4, 0.5) is 4.39 Å². The molecule has 0 saturated carbocycles. The van der Waals surface area contributed by atoms with E-state index in [1.807, 2.05) is 0 Å². The lowest BCUT2D eigenvalue weighted by Gasteiger charge is -2.31. The van der Waals surface area contributed by atoms with E-state index in [2.05, 4.69) is 11.6 Å². The van der Waals surface area contributed by atoms with Crippen LogP contribution in [0, 0.1) is 0 Å². The number of ether oxygens (including phenoxy) is 1. The van der Waals surface area contributed by atoms with E-state index in [0.29, 0.717) is 0 Å². The van der Waals surface area contributed by atoms with Crippen molar-refractivity contribution >= 4 is 5.84 Å². The van der Waals surface area contributed by atoms with Gasteiger partial charge in [0.25, 0.3) is 0 Å². The molecule has 0 aliphatic carbocycles. The smallest absolute Gasteiger partial charge is 0.174 e. The number of hydrogen-bond acceptors (Lipinski definition) is 7. The molecule has 7 nitrogen and oxygen atoms in total. The molecule has 4 atom stereocenters. The van der Waals surface area contributed by atoms with Crippen molar-refractivity contribution in [3.05, 3.63) is 24.7 Å². The molecule has 0 unspecified atom stereocenters. The van der Waals surface area contributed by atoms with Gasteiger partial charge in [-0.3, -0.25) is 0 Å². The van der Waals surface area contributed by atoms with Crippen LogP contribution in [0.15, 0.2) is 29.7 Å². The Morgan fingerprint density at radius 2 is 2.32 bits per heavy atom. The Morgan fingerprint density at radius 1 is 1.63 bits per heavy atom. The van der Waals surface area contributed by atoms with Gasteiger partial charge in [-0.25, -0.2) is 9.38 Å². The van der Waals surface area contributed by atoms with Gasteiger partial charge in [0.1, 0.15) is 23.4 Å². The van der Waals surface area contributed by atoms with Crippen LogP contribution in [0.3, 0.4) is 0 Å². The quantitative estimate of drug-likeness (QED) is 0.491. The molecule has 2 rings (SSSR count). The standard InChI is InChI=1S/C11H17FN4O3/c1-6-15-7(14)2-3-16(6)10-8(12)9(18)11(4-13,5-17)19-10/h2-3,8-10,17-18H,1,4-5,13H2,(H2,14,15)/t8-,9+,10-,11-/m1/s1. The fourth-order valence-corrected chi connectivity index (χ4v) is 2.11. The van der Waals surface area contributed by atoms with E-state index < -0.39 is 30.7 Å². The Bertz CT molecular complexity index is 436. The zero-order valence-electron chi connectivity index (χ0n) is 10.2. The lowest BCUT2D eigenvalue weighted by Crippen LogP contribution is -2.51. The maximum Gasteiger partial charge on any atom is 0.174 e. The second kappa shape index (κ2) is 4.89. The first-order valence-electron chi connectivity index (χ1n) is 5.75. The van der Waals surface area contributed by atoms with Crippen molar-refractivity contribution in [1.29, 1.82) is 0 Å². The van der Waals surface area contributed by atoms with Gasteiger partial charge in [0.2, 0.25) is 0 Å². The predicted octanol–water partition coefficient (Wildman–Crippen LogP) is -1.61. The van der Waals surface area contributed by atoms with Crippen LogP contribution in [0.1, 0.15) is 0 Å². The third kappa shape index (κ3) is 2.12. The van der Waals surface area contributed by atoms with E-state index in [-0.39, 0.29) is 18.2 Å². The van der Waals surface area contributed by atoms with Gasteiger partial charge in [0.05, 0.1) is 6.61 Å². The number of rotatable bonds is 3. The minimum atomic E-state index is -1.76. The summed E-state index contributed by atoms with van der Waals surface area (Å²) in [7, 11) is 0. The highest BCUT2D eigenvalue weighted by atomic mass is 19.1. The van der Waals surface area contributed by atoms with E-state index in [1.165, 1.54) is 17.2 Å². The number of alkyl halides is 1. The van der Waals surface area contributed by atoms with Crippen LogP contribution in [0.25, 0.3) is 0 Å². The Kier molecular flexibility index (Phi) is 3.59. The molecule has 1 saturated heterocycles. The van der Waals surface area contributed by atoms with Crippen molar-refractivity contribution in [2.75, 3.05) is 13.2 Å². The molecule has 0 amide bonds. The second-order valence-corrected chi connectivity index (χ2v) is 4.50. The van der Waals surface area contributed by atoms with Gasteiger partial charge in [-0.15, -0.1) is 0 Å². The minimum Gasteiger partial charge on any atom is -0.393 e. The molecule has 0 aromatic heterocycles. The van der Waals surface area contributed by atoms with Crippen molar-refractivity contribution in [1.82, 2.24) is 4.90 Å². The maximum absolute atomic E-state index is 14.2. The number of aliphatic imine (C=N–C) groups is 1. The van der Waals surface area contributed by atoms with Gasteiger partial charge in [0.15, 0.2) is 12.4 Å². The number of nitrogens with two attached hydrogens (primary N) is 2. The lowest BCUT2D eigenvalue weighted by molar-refractivity contribution is -0.128. The number of amidine groups is 1. The highest BCUT2D eigenvalue weighted by Crippen LogP contribution is 2.36. The summed E-state index contributed by atoms with van der Waals surface area (Å²) < 4.78 is 19.6. The summed E-state index contributed by atoms with van der Waals surface area (Å²) in [5.74, 6) is 0.424. The van der Waals surface area contributed by atoms with Gasteiger partial charge < -0.3 is 31.3 Å². The molecule has 2 aliphatic rings. The first-order valence-corrected chi connectivity index (χ1v) is 5.75. The zero-order valence-corrected chi connectivity index (χ0v) is 10.2. The van der Waals surface area contributed by atoms with Crippen LogP contribution in [0.2, 0.25) is 0 Å². The van der Waals surface area contributed by atoms with Crippen LogP contribution in [0.5, 0.6) is 0 Å². The number of hydrogen-bond donors (Lipinski definition) is 4. The van der Waals surface area contributed by atoms with Crippen molar-refractivity contribution in [2.45, 2.75) is 24.1 Å². The van der Waals surface area contributed by atoms with E-state index in [4.69, 9.17) is 16.2 Å². The number of nitrogens with zero attached hydrogens (tertiary/aromatic N) is 2. The van der Waals surface area contributed by atoms with E-state index in [9.17, 15) is 14.6 Å². The molecule has 6 N–H and O–H groups in total. The number of aliphatic hydroxyl groups excluding tert-OH is 2. The first kappa shape index (κ1) is 13.9. The second-order valence-electron chi connectivity index (χ2n) is 4.50. The molecule has 2 heterocycles. The van der Waals surface area contributed by atoms with E-state index in [0.717, 1.165) is 0 Å². The van der Waals surface area contributed by atoms with Crippen molar-refractivity contribution in [3.63, 3.8) is 0 Å². The number of aliphatic hydroxyl groups is 2. The van der Waals surface area contributed by atoms with Gasteiger partial charge >= 0.3 is 0 Å². The predicted molar refractivity (Wildman–Crippen MR) is 66.4 cm³/mol. The van der Waals surface area contributed by atoms with Crippen molar-refractivity contribution in [2.24, 2.45) is 16.5 Å².